The van der Waals surface area contributed by atoms with Gasteiger partial charge in [-0.1, -0.05) is 6.08 Å². The lowest BCUT2D eigenvalue weighted by Crippen LogP contribution is -2.37. The van der Waals surface area contributed by atoms with Crippen molar-refractivity contribution >= 4 is 11.2 Å². The zero-order chi connectivity index (χ0) is 27.7. The average molecular weight is 545 g/mol. The molecule has 12 heteroatoms. The van der Waals surface area contributed by atoms with Crippen LogP contribution in [0.1, 0.15) is 55.3 Å². The maximum absolute atomic E-state index is 14.7. The van der Waals surface area contributed by atoms with Gasteiger partial charge in [0.2, 0.25) is 5.88 Å². The lowest BCUT2D eigenvalue weighted by atomic mass is 9.86. The highest BCUT2D eigenvalue weighted by Crippen LogP contribution is 2.36. The standard InChI is InChI=1S/C27H28F4N6O2/c1-16-4-3-5-19(28)23(16)36-12-6-18(7-13-36)21-17(2)22-24(34-10-9-33-22)37(26(21)38)14-20-25(35-11-8-32-20)39-15-27(29,30)31/h4,8-11,18H,3,5-7,12-15H2,1-2H3. The van der Waals surface area contributed by atoms with E-state index in [1.165, 1.54) is 29.4 Å². The van der Waals surface area contributed by atoms with Crippen LogP contribution in [-0.4, -0.2) is 55.3 Å². The number of hydrogen-bond donors (Lipinski definition) is 0. The van der Waals surface area contributed by atoms with E-state index in [1.54, 1.807) is 0 Å². The SMILES string of the molecule is CC1=CCCC(F)=C1N1CCC(c2c(C)c3nccnc3n(Cc3nccnc3OCC(F)(F)F)c2=O)CC1. The molecule has 8 nitrogen and oxygen atoms in total. The summed E-state index contributed by atoms with van der Waals surface area (Å²) in [6.45, 7) is 3.22. The fourth-order valence-electron chi connectivity index (χ4n) is 5.49. The molecule has 0 atom stereocenters. The van der Waals surface area contributed by atoms with E-state index in [4.69, 9.17) is 4.74 Å². The number of aromatic nitrogens is 5. The number of rotatable bonds is 6. The van der Waals surface area contributed by atoms with Crippen LogP contribution in [-0.2, 0) is 6.54 Å². The second kappa shape index (κ2) is 10.7. The zero-order valence-corrected chi connectivity index (χ0v) is 21.6. The highest BCUT2D eigenvalue weighted by molar-refractivity contribution is 5.75. The summed E-state index contributed by atoms with van der Waals surface area (Å²) in [5.74, 6) is -0.508. The van der Waals surface area contributed by atoms with Gasteiger partial charge in [-0.2, -0.15) is 13.2 Å². The van der Waals surface area contributed by atoms with Gasteiger partial charge in [0.05, 0.1) is 12.2 Å². The first-order valence-corrected chi connectivity index (χ1v) is 12.8. The van der Waals surface area contributed by atoms with Gasteiger partial charge in [-0.05, 0) is 50.2 Å². The number of piperidine rings is 1. The topological polar surface area (TPSA) is 86.0 Å². The van der Waals surface area contributed by atoms with Crippen LogP contribution in [0.25, 0.3) is 11.2 Å². The molecule has 3 aromatic heterocycles. The first kappa shape index (κ1) is 26.8. The molecule has 3 aromatic rings. The number of hydrogen-bond acceptors (Lipinski definition) is 7. The fourth-order valence-corrected chi connectivity index (χ4v) is 5.49. The van der Waals surface area contributed by atoms with E-state index in [-0.39, 0.29) is 35.4 Å². The predicted octanol–water partition coefficient (Wildman–Crippen LogP) is 4.98. The van der Waals surface area contributed by atoms with Crippen molar-refractivity contribution in [2.45, 2.75) is 58.2 Å². The molecule has 206 valence electrons. The molecule has 0 unspecified atom stereocenters. The Morgan fingerprint density at radius 1 is 1.03 bits per heavy atom. The Morgan fingerprint density at radius 3 is 2.44 bits per heavy atom. The van der Waals surface area contributed by atoms with Crippen molar-refractivity contribution in [3.05, 3.63) is 75.1 Å². The van der Waals surface area contributed by atoms with E-state index < -0.39 is 12.8 Å². The molecule has 4 heterocycles. The third kappa shape index (κ3) is 5.50. The summed E-state index contributed by atoms with van der Waals surface area (Å²) >= 11 is 0. The van der Waals surface area contributed by atoms with Crippen LogP contribution in [0.5, 0.6) is 5.88 Å². The van der Waals surface area contributed by atoms with Gasteiger partial charge in [0.25, 0.3) is 5.56 Å². The molecular weight excluding hydrogens is 516 g/mol. The Kier molecular flexibility index (Phi) is 7.37. The summed E-state index contributed by atoms with van der Waals surface area (Å²) in [4.78, 5) is 32.9. The molecule has 1 saturated heterocycles. The van der Waals surface area contributed by atoms with Crippen molar-refractivity contribution in [2.75, 3.05) is 19.7 Å². The molecule has 0 radical (unpaired) electrons. The molecule has 2 aliphatic rings. The molecule has 1 aliphatic carbocycles. The average Bonchev–Trinajstić information content (AvgIpc) is 2.91. The molecule has 0 N–H and O–H groups in total. The molecule has 39 heavy (non-hydrogen) atoms. The summed E-state index contributed by atoms with van der Waals surface area (Å²) < 4.78 is 59.3. The van der Waals surface area contributed by atoms with Crippen LogP contribution >= 0.6 is 0 Å². The van der Waals surface area contributed by atoms with Crippen LogP contribution in [0, 0.1) is 6.92 Å². The number of ether oxygens (including phenoxy) is 1. The normalized spacial score (nSPS) is 17.1. The molecule has 0 amide bonds. The minimum absolute atomic E-state index is 0.0717. The largest absolute Gasteiger partial charge is 0.467 e. The molecular formula is C27H28F4N6O2. The number of aryl methyl sites for hydroxylation is 1. The lowest BCUT2D eigenvalue weighted by molar-refractivity contribution is -0.154. The number of fused-ring (bicyclic) bond motifs is 1. The van der Waals surface area contributed by atoms with E-state index in [1.807, 2.05) is 13.8 Å². The van der Waals surface area contributed by atoms with Crippen molar-refractivity contribution in [1.82, 2.24) is 29.4 Å². The maximum atomic E-state index is 14.7. The Balaban J connectivity index is 1.49. The summed E-state index contributed by atoms with van der Waals surface area (Å²) in [6.07, 6.45) is 5.41. The van der Waals surface area contributed by atoms with Crippen LogP contribution in [0.15, 0.2) is 52.8 Å². The van der Waals surface area contributed by atoms with E-state index in [9.17, 15) is 22.4 Å². The van der Waals surface area contributed by atoms with E-state index in [2.05, 4.69) is 30.9 Å². The van der Waals surface area contributed by atoms with Crippen molar-refractivity contribution in [3.63, 3.8) is 0 Å². The zero-order valence-electron chi connectivity index (χ0n) is 21.6. The molecule has 0 spiro atoms. The number of alkyl halides is 3. The van der Waals surface area contributed by atoms with Crippen LogP contribution in [0.3, 0.4) is 0 Å². The van der Waals surface area contributed by atoms with Crippen molar-refractivity contribution in [3.8, 4) is 5.88 Å². The van der Waals surface area contributed by atoms with Gasteiger partial charge in [-0.25, -0.2) is 14.4 Å². The molecule has 0 aromatic carbocycles. The van der Waals surface area contributed by atoms with E-state index in [0.717, 1.165) is 5.57 Å². The summed E-state index contributed by atoms with van der Waals surface area (Å²) in [5.41, 5.74) is 3.46. The minimum Gasteiger partial charge on any atom is -0.467 e. The van der Waals surface area contributed by atoms with Gasteiger partial charge in [0.15, 0.2) is 12.3 Å². The van der Waals surface area contributed by atoms with Crippen LogP contribution in [0.4, 0.5) is 17.6 Å². The van der Waals surface area contributed by atoms with Crippen molar-refractivity contribution in [2.24, 2.45) is 0 Å². The monoisotopic (exact) mass is 544 g/mol. The summed E-state index contributed by atoms with van der Waals surface area (Å²) in [7, 11) is 0. The third-order valence-corrected chi connectivity index (χ3v) is 7.25. The van der Waals surface area contributed by atoms with Crippen LogP contribution < -0.4 is 10.3 Å². The number of nitrogens with zero attached hydrogens (tertiary/aromatic N) is 6. The second-order valence-electron chi connectivity index (χ2n) is 9.81. The number of pyridine rings is 1. The number of allylic oxidation sites excluding steroid dienone is 3. The number of likely N-dealkylation sites (tertiary alicyclic amines) is 1. The second-order valence-corrected chi connectivity index (χ2v) is 9.81. The summed E-state index contributed by atoms with van der Waals surface area (Å²) in [6, 6.07) is 0. The Hall–Kier alpha value is -3.83. The van der Waals surface area contributed by atoms with Gasteiger partial charge in [-0.15, -0.1) is 0 Å². The molecule has 0 bridgehead atoms. The highest BCUT2D eigenvalue weighted by atomic mass is 19.4. The van der Waals surface area contributed by atoms with Crippen LogP contribution in [0.2, 0.25) is 0 Å². The van der Waals surface area contributed by atoms with Crippen molar-refractivity contribution in [1.29, 1.82) is 0 Å². The molecule has 1 aliphatic heterocycles. The molecule has 5 rings (SSSR count). The Labute approximate surface area is 222 Å². The Bertz CT molecular complexity index is 1510. The maximum Gasteiger partial charge on any atom is 0.422 e. The predicted molar refractivity (Wildman–Crippen MR) is 136 cm³/mol. The van der Waals surface area contributed by atoms with Gasteiger partial charge < -0.3 is 9.64 Å². The van der Waals surface area contributed by atoms with Gasteiger partial charge in [0.1, 0.15) is 17.0 Å². The highest BCUT2D eigenvalue weighted by Gasteiger charge is 2.31. The quantitative estimate of drug-likeness (QED) is 0.405. The molecule has 1 fully saturated rings. The third-order valence-electron chi connectivity index (χ3n) is 7.25. The first-order valence-electron chi connectivity index (χ1n) is 12.8. The van der Waals surface area contributed by atoms with Gasteiger partial charge >= 0.3 is 6.18 Å². The minimum atomic E-state index is -4.55. The lowest BCUT2D eigenvalue weighted by Gasteiger charge is -2.37. The first-order chi connectivity index (χ1) is 18.6. The smallest absolute Gasteiger partial charge is 0.422 e. The summed E-state index contributed by atoms with van der Waals surface area (Å²) in [5, 5.41) is 0. The Morgan fingerprint density at radius 2 is 1.72 bits per heavy atom. The van der Waals surface area contributed by atoms with Crippen molar-refractivity contribution < 1.29 is 22.3 Å². The fraction of sp³-hybridized carbons (Fsp3) is 0.444. The van der Waals surface area contributed by atoms with Gasteiger partial charge in [-0.3, -0.25) is 19.3 Å². The van der Waals surface area contributed by atoms with E-state index in [0.29, 0.717) is 66.8 Å². The van der Waals surface area contributed by atoms with E-state index >= 15 is 0 Å². The number of halogens is 4. The van der Waals surface area contributed by atoms with Gasteiger partial charge in [0, 0.05) is 49.9 Å². The molecule has 0 saturated carbocycles.